The highest BCUT2D eigenvalue weighted by Gasteiger charge is 2.33. The van der Waals surface area contributed by atoms with Crippen LogP contribution in [0.2, 0.25) is 0 Å². The van der Waals surface area contributed by atoms with Gasteiger partial charge < -0.3 is 11.1 Å². The van der Waals surface area contributed by atoms with Gasteiger partial charge in [-0.15, -0.1) is 0 Å². The third-order valence-corrected chi connectivity index (χ3v) is 5.83. The van der Waals surface area contributed by atoms with Gasteiger partial charge in [0.25, 0.3) is 11.8 Å². The van der Waals surface area contributed by atoms with E-state index in [4.69, 9.17) is 5.73 Å². The van der Waals surface area contributed by atoms with E-state index in [1.54, 1.807) is 12.4 Å². The Labute approximate surface area is 193 Å². The summed E-state index contributed by atoms with van der Waals surface area (Å²) in [6.07, 6.45) is 6.08. The van der Waals surface area contributed by atoms with Crippen molar-refractivity contribution in [3.05, 3.63) is 60.3 Å². The monoisotopic (exact) mass is 464 g/mol. The Morgan fingerprint density at radius 1 is 1.09 bits per heavy atom. The number of halogens is 2. The first kappa shape index (κ1) is 21.8. The highest BCUT2D eigenvalue weighted by atomic mass is 19.3. The number of fused-ring (bicyclic) bond motifs is 1. The van der Waals surface area contributed by atoms with Crippen molar-refractivity contribution in [3.63, 3.8) is 0 Å². The summed E-state index contributed by atoms with van der Waals surface area (Å²) in [6.45, 7) is 1.27. The first-order valence-electron chi connectivity index (χ1n) is 10.8. The summed E-state index contributed by atoms with van der Waals surface area (Å²) < 4.78 is 26.9. The molecule has 1 aromatic carbocycles. The van der Waals surface area contributed by atoms with E-state index in [0.717, 1.165) is 16.7 Å². The van der Waals surface area contributed by atoms with Gasteiger partial charge in [-0.3, -0.25) is 19.8 Å². The number of amides is 1. The number of nitrogens with one attached hydrogen (secondary N) is 2. The number of nitrogens with zero attached hydrogens (tertiary/aromatic N) is 5. The number of piperidine rings is 1. The molecule has 3 aromatic heterocycles. The van der Waals surface area contributed by atoms with Gasteiger partial charge in [0.05, 0.1) is 23.6 Å². The van der Waals surface area contributed by atoms with E-state index in [0.29, 0.717) is 36.2 Å². The molecule has 0 unspecified atom stereocenters. The summed E-state index contributed by atoms with van der Waals surface area (Å²) in [6, 6.07) is 7.63. The van der Waals surface area contributed by atoms with Crippen LogP contribution in [-0.2, 0) is 6.54 Å². The number of anilines is 2. The van der Waals surface area contributed by atoms with Gasteiger partial charge in [0, 0.05) is 55.8 Å². The number of H-pyrrole nitrogens is 1. The lowest BCUT2D eigenvalue weighted by Gasteiger charge is -2.31. The molecule has 1 aliphatic rings. The minimum Gasteiger partial charge on any atom is -0.368 e. The van der Waals surface area contributed by atoms with Gasteiger partial charge in [-0.1, -0.05) is 6.07 Å². The van der Waals surface area contributed by atoms with Crippen LogP contribution < -0.4 is 11.1 Å². The molecule has 11 heteroatoms. The maximum atomic E-state index is 13.4. The Kier molecular flexibility index (Phi) is 5.62. The number of aromatic amines is 1. The molecular weight excluding hydrogens is 442 g/mol. The third kappa shape index (κ3) is 4.69. The Balaban J connectivity index is 1.36. The van der Waals surface area contributed by atoms with Crippen molar-refractivity contribution in [3.8, 4) is 11.1 Å². The minimum atomic E-state index is -2.57. The number of nitrogens with two attached hydrogens (primary N) is 1. The number of hydrogen-bond acceptors (Lipinski definition) is 7. The molecule has 0 radical (unpaired) electrons. The molecule has 1 fully saturated rings. The van der Waals surface area contributed by atoms with Crippen LogP contribution in [0.25, 0.3) is 22.0 Å². The molecule has 4 heterocycles. The summed E-state index contributed by atoms with van der Waals surface area (Å²) >= 11 is 0. The summed E-state index contributed by atoms with van der Waals surface area (Å²) in [5.41, 5.74) is 9.48. The number of pyridine rings is 1. The van der Waals surface area contributed by atoms with E-state index < -0.39 is 11.8 Å². The molecule has 0 saturated carbocycles. The average molecular weight is 464 g/mol. The molecule has 174 valence electrons. The zero-order valence-electron chi connectivity index (χ0n) is 18.1. The Bertz CT molecular complexity index is 1330. The van der Waals surface area contributed by atoms with Gasteiger partial charge in [0.2, 0.25) is 5.95 Å². The smallest absolute Gasteiger partial charge is 0.276 e. The third-order valence-electron chi connectivity index (χ3n) is 5.83. The van der Waals surface area contributed by atoms with Crippen LogP contribution in [-0.4, -0.2) is 55.0 Å². The van der Waals surface area contributed by atoms with E-state index in [9.17, 15) is 13.6 Å². The number of aromatic nitrogens is 5. The summed E-state index contributed by atoms with van der Waals surface area (Å²) in [5.74, 6) is -2.87. The molecule has 0 atom stereocenters. The van der Waals surface area contributed by atoms with Crippen molar-refractivity contribution in [1.29, 1.82) is 0 Å². The molecule has 5 rings (SSSR count). The number of likely N-dealkylation sites (tertiary alicyclic amines) is 1. The number of alkyl halides is 2. The van der Waals surface area contributed by atoms with Crippen LogP contribution in [0.5, 0.6) is 0 Å². The van der Waals surface area contributed by atoms with Crippen LogP contribution in [0.4, 0.5) is 20.4 Å². The molecule has 1 amide bonds. The maximum Gasteiger partial charge on any atom is 0.276 e. The van der Waals surface area contributed by atoms with Crippen molar-refractivity contribution < 1.29 is 13.6 Å². The molecule has 4 aromatic rings. The van der Waals surface area contributed by atoms with Gasteiger partial charge in [0.15, 0.2) is 5.69 Å². The van der Waals surface area contributed by atoms with Crippen molar-refractivity contribution in [1.82, 2.24) is 30.0 Å². The topological polar surface area (TPSA) is 126 Å². The van der Waals surface area contributed by atoms with Gasteiger partial charge in [-0.05, 0) is 29.3 Å². The molecule has 9 nitrogen and oxygen atoms in total. The minimum absolute atomic E-state index is 0.113. The second-order valence-corrected chi connectivity index (χ2v) is 8.33. The Morgan fingerprint density at radius 2 is 1.85 bits per heavy atom. The Hall–Kier alpha value is -3.99. The average Bonchev–Trinajstić information content (AvgIpc) is 3.26. The van der Waals surface area contributed by atoms with Gasteiger partial charge in [0.1, 0.15) is 0 Å². The summed E-state index contributed by atoms with van der Waals surface area (Å²) in [4.78, 5) is 26.9. The predicted molar refractivity (Wildman–Crippen MR) is 123 cm³/mol. The molecule has 0 spiro atoms. The SMILES string of the molecule is Nc1ncc(NC(=O)c2n[nH]c3ccc(-c4cncc(CN5CCC(F)(F)CC5)c4)cc23)cn1. The number of carbonyl (C=O) groups is 1. The fourth-order valence-corrected chi connectivity index (χ4v) is 3.99. The number of hydrogen-bond donors (Lipinski definition) is 3. The van der Waals surface area contributed by atoms with Crippen LogP contribution in [0.3, 0.4) is 0 Å². The fourth-order valence-electron chi connectivity index (χ4n) is 3.99. The summed E-state index contributed by atoms with van der Waals surface area (Å²) in [7, 11) is 0. The first-order valence-corrected chi connectivity index (χ1v) is 10.8. The van der Waals surface area contributed by atoms with Gasteiger partial charge >= 0.3 is 0 Å². The van der Waals surface area contributed by atoms with E-state index in [2.05, 4.69) is 30.5 Å². The lowest BCUT2D eigenvalue weighted by Crippen LogP contribution is -2.38. The normalized spacial score (nSPS) is 15.9. The van der Waals surface area contributed by atoms with Crippen molar-refractivity contribution in [2.45, 2.75) is 25.3 Å². The lowest BCUT2D eigenvalue weighted by atomic mass is 10.0. The van der Waals surface area contributed by atoms with Crippen molar-refractivity contribution >= 4 is 28.4 Å². The van der Waals surface area contributed by atoms with E-state index >= 15 is 0 Å². The highest BCUT2D eigenvalue weighted by Crippen LogP contribution is 2.29. The number of carbonyl (C=O) groups excluding carboxylic acids is 1. The second-order valence-electron chi connectivity index (χ2n) is 8.33. The van der Waals surface area contributed by atoms with Gasteiger partial charge in [-0.2, -0.15) is 5.10 Å². The first-order chi connectivity index (χ1) is 16.4. The molecular formula is C23H22F2N8O. The van der Waals surface area contributed by atoms with Crippen molar-refractivity contribution in [2.75, 3.05) is 24.1 Å². The van der Waals surface area contributed by atoms with Crippen molar-refractivity contribution in [2.24, 2.45) is 0 Å². The Morgan fingerprint density at radius 3 is 2.62 bits per heavy atom. The van der Waals surface area contributed by atoms with E-state index in [1.807, 2.05) is 29.2 Å². The quantitative estimate of drug-likeness (QED) is 0.413. The summed E-state index contributed by atoms with van der Waals surface area (Å²) in [5, 5.41) is 10.4. The van der Waals surface area contributed by atoms with E-state index in [-0.39, 0.29) is 24.5 Å². The molecule has 0 bridgehead atoms. The molecule has 34 heavy (non-hydrogen) atoms. The fraction of sp³-hybridized carbons (Fsp3) is 0.261. The van der Waals surface area contributed by atoms with Crippen LogP contribution >= 0.6 is 0 Å². The number of nitrogen functional groups attached to an aromatic ring is 1. The second kappa shape index (κ2) is 8.75. The maximum absolute atomic E-state index is 13.4. The predicted octanol–water partition coefficient (Wildman–Crippen LogP) is 3.48. The molecule has 1 aliphatic heterocycles. The lowest BCUT2D eigenvalue weighted by molar-refractivity contribution is -0.0566. The van der Waals surface area contributed by atoms with Crippen LogP contribution in [0, 0.1) is 0 Å². The molecule has 0 aliphatic carbocycles. The highest BCUT2D eigenvalue weighted by molar-refractivity contribution is 6.11. The standard InChI is InChI=1S/C23H22F2N8O/c24-23(25)3-5-33(6-4-23)13-14-7-16(10-27-9-14)15-1-2-19-18(8-15)20(32-31-19)21(34)30-17-11-28-22(26)29-12-17/h1-2,7-12H,3-6,13H2,(H,30,34)(H,31,32)(H2,26,28,29). The number of rotatable bonds is 5. The van der Waals surface area contributed by atoms with E-state index in [1.165, 1.54) is 12.4 Å². The van der Waals surface area contributed by atoms with Crippen LogP contribution in [0.1, 0.15) is 28.9 Å². The van der Waals surface area contributed by atoms with Crippen LogP contribution in [0.15, 0.2) is 49.1 Å². The zero-order chi connectivity index (χ0) is 23.7. The molecule has 4 N–H and O–H groups in total. The largest absolute Gasteiger partial charge is 0.368 e. The number of benzene rings is 1. The van der Waals surface area contributed by atoms with Gasteiger partial charge in [-0.25, -0.2) is 18.7 Å². The molecule has 1 saturated heterocycles. The zero-order valence-corrected chi connectivity index (χ0v) is 18.1.